The summed E-state index contributed by atoms with van der Waals surface area (Å²) in [4.78, 5) is 3.97. The molecule has 19 heavy (non-hydrogen) atoms. The second-order valence-electron chi connectivity index (χ2n) is 5.21. The maximum absolute atomic E-state index is 13.6. The highest BCUT2D eigenvalue weighted by Gasteiger charge is 2.31. The zero-order valence-corrected chi connectivity index (χ0v) is 10.6. The molecular formula is C13H15F2N3O. The maximum Gasteiger partial charge on any atom is 0.201 e. The van der Waals surface area contributed by atoms with Gasteiger partial charge in [-0.15, -0.1) is 0 Å². The molecule has 4 nitrogen and oxygen atoms in total. The number of hydrogen-bond acceptors (Lipinski definition) is 3. The summed E-state index contributed by atoms with van der Waals surface area (Å²) < 4.78 is 34.3. The Balaban J connectivity index is 2.10. The molecule has 0 spiro atoms. The third-order valence-corrected chi connectivity index (χ3v) is 3.59. The summed E-state index contributed by atoms with van der Waals surface area (Å²) in [6.07, 6.45) is 1.87. The third kappa shape index (κ3) is 2.06. The van der Waals surface area contributed by atoms with Crippen molar-refractivity contribution in [3.8, 4) is 0 Å². The largest absolute Gasteiger partial charge is 0.373 e. The fourth-order valence-corrected chi connectivity index (χ4v) is 2.63. The summed E-state index contributed by atoms with van der Waals surface area (Å²) >= 11 is 0. The Morgan fingerprint density at radius 1 is 1.47 bits per heavy atom. The van der Waals surface area contributed by atoms with Crippen molar-refractivity contribution in [3.05, 3.63) is 23.8 Å². The van der Waals surface area contributed by atoms with Gasteiger partial charge in [0.05, 0.1) is 17.7 Å². The summed E-state index contributed by atoms with van der Waals surface area (Å²) in [6, 6.07) is 2.06. The van der Waals surface area contributed by atoms with E-state index in [-0.39, 0.29) is 17.1 Å². The van der Waals surface area contributed by atoms with Gasteiger partial charge in [-0.3, -0.25) is 0 Å². The molecule has 3 rings (SSSR count). The molecule has 1 unspecified atom stereocenters. The van der Waals surface area contributed by atoms with E-state index >= 15 is 0 Å². The minimum absolute atomic E-state index is 0.0977. The summed E-state index contributed by atoms with van der Waals surface area (Å²) in [7, 11) is 0. The molecular weight excluding hydrogens is 252 g/mol. The van der Waals surface area contributed by atoms with E-state index in [1.807, 2.05) is 6.92 Å². The molecule has 6 heteroatoms. The highest BCUT2D eigenvalue weighted by Crippen LogP contribution is 2.30. The summed E-state index contributed by atoms with van der Waals surface area (Å²) in [5.74, 6) is -1.15. The first-order chi connectivity index (χ1) is 8.98. The first kappa shape index (κ1) is 12.3. The van der Waals surface area contributed by atoms with E-state index in [1.165, 1.54) is 6.07 Å². The second-order valence-corrected chi connectivity index (χ2v) is 5.21. The van der Waals surface area contributed by atoms with Crippen LogP contribution in [-0.2, 0) is 11.3 Å². The van der Waals surface area contributed by atoms with Gasteiger partial charge in [-0.2, -0.15) is 0 Å². The minimum Gasteiger partial charge on any atom is -0.373 e. The Morgan fingerprint density at radius 2 is 2.26 bits per heavy atom. The van der Waals surface area contributed by atoms with Gasteiger partial charge in [0.15, 0.2) is 5.82 Å². The lowest BCUT2D eigenvalue weighted by Crippen LogP contribution is -2.30. The van der Waals surface area contributed by atoms with E-state index in [0.717, 1.165) is 18.9 Å². The van der Waals surface area contributed by atoms with Gasteiger partial charge < -0.3 is 15.0 Å². The lowest BCUT2D eigenvalue weighted by atomic mass is 10.0. The molecule has 0 bridgehead atoms. The van der Waals surface area contributed by atoms with Crippen LogP contribution in [0.15, 0.2) is 12.1 Å². The summed E-state index contributed by atoms with van der Waals surface area (Å²) in [5, 5.41) is 0. The molecule has 0 saturated carbocycles. The first-order valence-electron chi connectivity index (χ1n) is 6.23. The van der Waals surface area contributed by atoms with E-state index in [0.29, 0.717) is 18.7 Å². The van der Waals surface area contributed by atoms with Gasteiger partial charge in [0.25, 0.3) is 0 Å². The number of ether oxygens (including phenoxy) is 1. The molecule has 1 fully saturated rings. The van der Waals surface area contributed by atoms with Crippen LogP contribution in [0.2, 0.25) is 0 Å². The molecule has 2 heterocycles. The molecule has 0 radical (unpaired) electrons. The van der Waals surface area contributed by atoms with Gasteiger partial charge in [0, 0.05) is 18.7 Å². The van der Waals surface area contributed by atoms with Crippen molar-refractivity contribution in [3.63, 3.8) is 0 Å². The van der Waals surface area contributed by atoms with Crippen molar-refractivity contribution in [1.82, 2.24) is 9.55 Å². The van der Waals surface area contributed by atoms with Gasteiger partial charge in [0.1, 0.15) is 11.3 Å². The molecule has 2 N–H and O–H groups in total. The van der Waals surface area contributed by atoms with Crippen LogP contribution in [0.1, 0.15) is 19.8 Å². The third-order valence-electron chi connectivity index (χ3n) is 3.59. The molecule has 1 aromatic carbocycles. The average Bonchev–Trinajstić information content (AvgIpc) is 2.87. The highest BCUT2D eigenvalue weighted by atomic mass is 19.1. The standard InChI is InChI=1S/C13H15F2N3O/c1-13(3-2-4-19-13)7-18-10-6-8(14)5-9(15)11(10)17-12(18)16/h5-6H,2-4,7H2,1H3,(H2,16,17). The zero-order chi connectivity index (χ0) is 13.6. The topological polar surface area (TPSA) is 53.1 Å². The molecule has 102 valence electrons. The van der Waals surface area contributed by atoms with Crippen LogP contribution in [0.5, 0.6) is 0 Å². The number of nitrogens with zero attached hydrogens (tertiary/aromatic N) is 2. The minimum atomic E-state index is -0.696. The van der Waals surface area contributed by atoms with Crippen LogP contribution in [0.4, 0.5) is 14.7 Å². The monoisotopic (exact) mass is 267 g/mol. The Labute approximate surface area is 109 Å². The van der Waals surface area contributed by atoms with Crippen LogP contribution in [0, 0.1) is 11.6 Å². The van der Waals surface area contributed by atoms with Crippen LogP contribution in [-0.4, -0.2) is 21.8 Å². The number of benzene rings is 1. The van der Waals surface area contributed by atoms with Gasteiger partial charge in [-0.1, -0.05) is 0 Å². The van der Waals surface area contributed by atoms with Crippen molar-refractivity contribution in [2.45, 2.75) is 31.9 Å². The molecule has 1 aromatic heterocycles. The number of aromatic nitrogens is 2. The normalized spacial score (nSPS) is 23.3. The van der Waals surface area contributed by atoms with Crippen LogP contribution in [0.25, 0.3) is 11.0 Å². The molecule has 1 atom stereocenters. The number of nitrogens with two attached hydrogens (primary N) is 1. The Morgan fingerprint density at radius 3 is 2.95 bits per heavy atom. The summed E-state index contributed by atoms with van der Waals surface area (Å²) in [6.45, 7) is 3.12. The SMILES string of the molecule is CC1(Cn2c(N)nc3c(F)cc(F)cc32)CCCO1. The van der Waals surface area contributed by atoms with Crippen molar-refractivity contribution in [1.29, 1.82) is 0 Å². The van der Waals surface area contributed by atoms with Crippen LogP contribution < -0.4 is 5.73 Å². The number of hydrogen-bond donors (Lipinski definition) is 1. The maximum atomic E-state index is 13.6. The van der Waals surface area contributed by atoms with E-state index in [9.17, 15) is 8.78 Å². The number of halogens is 2. The quantitative estimate of drug-likeness (QED) is 0.909. The molecule has 1 aliphatic heterocycles. The van der Waals surface area contributed by atoms with Crippen molar-refractivity contribution >= 4 is 17.0 Å². The fraction of sp³-hybridized carbons (Fsp3) is 0.462. The van der Waals surface area contributed by atoms with E-state index in [2.05, 4.69) is 4.98 Å². The summed E-state index contributed by atoms with van der Waals surface area (Å²) in [5.41, 5.74) is 5.92. The van der Waals surface area contributed by atoms with Gasteiger partial charge >= 0.3 is 0 Å². The Bertz CT molecular complexity index is 632. The van der Waals surface area contributed by atoms with Crippen LogP contribution >= 0.6 is 0 Å². The van der Waals surface area contributed by atoms with Gasteiger partial charge in [-0.25, -0.2) is 13.8 Å². The van der Waals surface area contributed by atoms with E-state index < -0.39 is 11.6 Å². The van der Waals surface area contributed by atoms with Gasteiger partial charge in [-0.05, 0) is 19.8 Å². The molecule has 0 amide bonds. The molecule has 1 aliphatic rings. The van der Waals surface area contributed by atoms with Crippen LogP contribution in [0.3, 0.4) is 0 Å². The Kier molecular flexibility index (Phi) is 2.70. The zero-order valence-electron chi connectivity index (χ0n) is 10.6. The molecule has 2 aromatic rings. The lowest BCUT2D eigenvalue weighted by molar-refractivity contribution is 0.00749. The van der Waals surface area contributed by atoms with Crippen molar-refractivity contribution in [2.75, 3.05) is 12.3 Å². The van der Waals surface area contributed by atoms with Crippen molar-refractivity contribution in [2.24, 2.45) is 0 Å². The number of nitrogen functional groups attached to an aromatic ring is 1. The predicted molar refractivity (Wildman–Crippen MR) is 67.7 cm³/mol. The Hall–Kier alpha value is -1.69. The second kappa shape index (κ2) is 4.16. The fourth-order valence-electron chi connectivity index (χ4n) is 2.63. The number of fused-ring (bicyclic) bond motifs is 1. The predicted octanol–water partition coefficient (Wildman–Crippen LogP) is 2.47. The molecule has 1 saturated heterocycles. The number of rotatable bonds is 2. The van der Waals surface area contributed by atoms with Gasteiger partial charge in [0.2, 0.25) is 5.95 Å². The van der Waals surface area contributed by atoms with E-state index in [1.54, 1.807) is 4.57 Å². The van der Waals surface area contributed by atoms with Crippen molar-refractivity contribution < 1.29 is 13.5 Å². The first-order valence-corrected chi connectivity index (χ1v) is 6.23. The smallest absolute Gasteiger partial charge is 0.201 e. The highest BCUT2D eigenvalue weighted by molar-refractivity contribution is 5.79. The lowest BCUT2D eigenvalue weighted by Gasteiger charge is -2.24. The molecule has 0 aliphatic carbocycles. The van der Waals surface area contributed by atoms with E-state index in [4.69, 9.17) is 10.5 Å². The average molecular weight is 267 g/mol. The number of anilines is 1. The number of imidazole rings is 1.